The van der Waals surface area contributed by atoms with E-state index in [1.807, 2.05) is 0 Å². The van der Waals surface area contributed by atoms with Crippen molar-refractivity contribution in [1.82, 2.24) is 5.32 Å². The molecule has 1 N–H and O–H groups in total. The van der Waals surface area contributed by atoms with Crippen LogP contribution in [0.25, 0.3) is 0 Å². The molecular formula is C16H15BrF3N. The van der Waals surface area contributed by atoms with Gasteiger partial charge in [0.1, 0.15) is 17.5 Å². The highest BCUT2D eigenvalue weighted by Crippen LogP contribution is 2.25. The van der Waals surface area contributed by atoms with Gasteiger partial charge in [-0.25, -0.2) is 13.2 Å². The Morgan fingerprint density at radius 1 is 0.857 bits per heavy atom. The van der Waals surface area contributed by atoms with Gasteiger partial charge in [-0.2, -0.15) is 0 Å². The van der Waals surface area contributed by atoms with Gasteiger partial charge < -0.3 is 5.32 Å². The molecule has 0 aliphatic rings. The first-order valence-electron chi connectivity index (χ1n) is 6.54. The van der Waals surface area contributed by atoms with Crippen molar-refractivity contribution in [1.29, 1.82) is 0 Å². The third-order valence-corrected chi connectivity index (χ3v) is 3.85. The van der Waals surface area contributed by atoms with E-state index in [1.54, 1.807) is 26.0 Å². The molecule has 2 aromatic rings. The first-order valence-corrected chi connectivity index (χ1v) is 7.33. The molecule has 21 heavy (non-hydrogen) atoms. The van der Waals surface area contributed by atoms with Gasteiger partial charge in [0.05, 0.1) is 0 Å². The maximum atomic E-state index is 13.9. The van der Waals surface area contributed by atoms with Crippen LogP contribution in [-0.4, -0.2) is 0 Å². The fourth-order valence-corrected chi connectivity index (χ4v) is 2.59. The van der Waals surface area contributed by atoms with Crippen molar-refractivity contribution >= 4 is 15.9 Å². The van der Waals surface area contributed by atoms with Crippen LogP contribution in [0.15, 0.2) is 40.9 Å². The van der Waals surface area contributed by atoms with Gasteiger partial charge in [-0.1, -0.05) is 28.1 Å². The third-order valence-electron chi connectivity index (χ3n) is 3.36. The van der Waals surface area contributed by atoms with Crippen LogP contribution in [0.4, 0.5) is 13.2 Å². The van der Waals surface area contributed by atoms with Gasteiger partial charge in [-0.15, -0.1) is 0 Å². The lowest BCUT2D eigenvalue weighted by Gasteiger charge is -2.21. The van der Waals surface area contributed by atoms with Gasteiger partial charge in [0.15, 0.2) is 0 Å². The Hall–Kier alpha value is -1.33. The van der Waals surface area contributed by atoms with Gasteiger partial charge in [-0.05, 0) is 32.0 Å². The standard InChI is InChI=1S/C16H15BrF3N/c1-9(13-5-3-11(17)7-15(13)19)21-10(2)14-6-4-12(18)8-16(14)20/h3-10,21H,1-2H3. The minimum absolute atomic E-state index is 0.308. The minimum Gasteiger partial charge on any atom is -0.303 e. The number of halogens is 4. The van der Waals surface area contributed by atoms with E-state index in [4.69, 9.17) is 0 Å². The molecule has 0 aromatic heterocycles. The Morgan fingerprint density at radius 3 is 1.90 bits per heavy atom. The second kappa shape index (κ2) is 6.62. The van der Waals surface area contributed by atoms with Crippen molar-refractivity contribution in [2.24, 2.45) is 0 Å². The Bertz CT molecular complexity index is 590. The van der Waals surface area contributed by atoms with Gasteiger partial charge in [0.25, 0.3) is 0 Å². The fourth-order valence-electron chi connectivity index (χ4n) is 2.26. The summed E-state index contributed by atoms with van der Waals surface area (Å²) in [4.78, 5) is 0. The summed E-state index contributed by atoms with van der Waals surface area (Å²) < 4.78 is 41.2. The maximum absolute atomic E-state index is 13.9. The Morgan fingerprint density at radius 2 is 1.38 bits per heavy atom. The highest BCUT2D eigenvalue weighted by atomic mass is 79.9. The average molecular weight is 358 g/mol. The second-order valence-corrected chi connectivity index (χ2v) is 5.86. The van der Waals surface area contributed by atoms with E-state index in [2.05, 4.69) is 21.2 Å². The smallest absolute Gasteiger partial charge is 0.130 e. The Kier molecular flexibility index (Phi) is 5.06. The molecule has 2 atom stereocenters. The predicted octanol–water partition coefficient (Wildman–Crippen LogP) is 5.28. The van der Waals surface area contributed by atoms with Crippen LogP contribution in [0.1, 0.15) is 37.1 Å². The van der Waals surface area contributed by atoms with E-state index in [9.17, 15) is 13.2 Å². The molecule has 0 heterocycles. The fraction of sp³-hybridized carbons (Fsp3) is 0.250. The van der Waals surface area contributed by atoms with Crippen LogP contribution in [0.5, 0.6) is 0 Å². The zero-order valence-corrected chi connectivity index (χ0v) is 13.2. The maximum Gasteiger partial charge on any atom is 0.130 e. The van der Waals surface area contributed by atoms with Crippen LogP contribution in [-0.2, 0) is 0 Å². The summed E-state index contributed by atoms with van der Waals surface area (Å²) in [6, 6.07) is 7.58. The molecule has 0 aliphatic carbocycles. The van der Waals surface area contributed by atoms with Crippen LogP contribution in [0, 0.1) is 17.5 Å². The van der Waals surface area contributed by atoms with E-state index < -0.39 is 11.6 Å². The van der Waals surface area contributed by atoms with Gasteiger partial charge >= 0.3 is 0 Å². The molecule has 0 fully saturated rings. The Balaban J connectivity index is 2.16. The lowest BCUT2D eigenvalue weighted by molar-refractivity contribution is 0.456. The predicted molar refractivity (Wildman–Crippen MR) is 80.4 cm³/mol. The molecule has 2 rings (SSSR count). The van der Waals surface area contributed by atoms with Crippen molar-refractivity contribution < 1.29 is 13.2 Å². The number of hydrogen-bond acceptors (Lipinski definition) is 1. The van der Waals surface area contributed by atoms with E-state index in [1.165, 1.54) is 18.2 Å². The highest BCUT2D eigenvalue weighted by molar-refractivity contribution is 9.10. The first-order chi connectivity index (χ1) is 9.88. The lowest BCUT2D eigenvalue weighted by Crippen LogP contribution is -2.24. The molecular weight excluding hydrogens is 343 g/mol. The van der Waals surface area contributed by atoms with Crippen LogP contribution in [0.3, 0.4) is 0 Å². The molecule has 2 unspecified atom stereocenters. The molecule has 0 radical (unpaired) electrons. The largest absolute Gasteiger partial charge is 0.303 e. The molecule has 2 aromatic carbocycles. The summed E-state index contributed by atoms with van der Waals surface area (Å²) >= 11 is 3.20. The molecule has 0 amide bonds. The molecule has 0 aliphatic heterocycles. The monoisotopic (exact) mass is 357 g/mol. The van der Waals surface area contributed by atoms with Crippen molar-refractivity contribution in [2.45, 2.75) is 25.9 Å². The second-order valence-electron chi connectivity index (χ2n) is 4.94. The third kappa shape index (κ3) is 3.86. The Labute approximate surface area is 130 Å². The van der Waals surface area contributed by atoms with E-state index in [0.717, 1.165) is 6.07 Å². The summed E-state index contributed by atoms with van der Waals surface area (Å²) in [7, 11) is 0. The lowest BCUT2D eigenvalue weighted by atomic mass is 10.0. The zero-order valence-electron chi connectivity index (χ0n) is 11.6. The molecule has 0 bridgehead atoms. The quantitative estimate of drug-likeness (QED) is 0.784. The summed E-state index contributed by atoms with van der Waals surface area (Å²) in [5.41, 5.74) is 0.841. The average Bonchev–Trinajstić information content (AvgIpc) is 2.37. The van der Waals surface area contributed by atoms with E-state index >= 15 is 0 Å². The summed E-state index contributed by atoms with van der Waals surface area (Å²) in [5.74, 6) is -1.56. The summed E-state index contributed by atoms with van der Waals surface area (Å²) in [5, 5.41) is 3.12. The SMILES string of the molecule is CC(NC(C)c1ccc(Br)cc1F)c1ccc(F)cc1F. The van der Waals surface area contributed by atoms with E-state index in [-0.39, 0.29) is 17.9 Å². The summed E-state index contributed by atoms with van der Waals surface area (Å²) in [6.07, 6.45) is 0. The number of benzene rings is 2. The van der Waals surface area contributed by atoms with Crippen molar-refractivity contribution in [3.63, 3.8) is 0 Å². The van der Waals surface area contributed by atoms with Crippen LogP contribution in [0.2, 0.25) is 0 Å². The molecule has 1 nitrogen and oxygen atoms in total. The molecule has 5 heteroatoms. The number of hydrogen-bond donors (Lipinski definition) is 1. The normalized spacial score (nSPS) is 14.0. The van der Waals surface area contributed by atoms with Gasteiger partial charge in [0.2, 0.25) is 0 Å². The number of nitrogens with one attached hydrogen (secondary N) is 1. The number of rotatable bonds is 4. The molecule has 112 valence electrons. The molecule has 0 spiro atoms. The first kappa shape index (κ1) is 16.0. The minimum atomic E-state index is -0.615. The van der Waals surface area contributed by atoms with Gasteiger partial charge in [-0.3, -0.25) is 0 Å². The van der Waals surface area contributed by atoms with Gasteiger partial charge in [0, 0.05) is 33.7 Å². The van der Waals surface area contributed by atoms with Crippen molar-refractivity contribution in [3.8, 4) is 0 Å². The highest BCUT2D eigenvalue weighted by Gasteiger charge is 2.17. The summed E-state index contributed by atoms with van der Waals surface area (Å²) in [6.45, 7) is 3.55. The molecule has 0 saturated heterocycles. The van der Waals surface area contributed by atoms with Crippen LogP contribution >= 0.6 is 15.9 Å². The van der Waals surface area contributed by atoms with Crippen molar-refractivity contribution in [3.05, 3.63) is 69.4 Å². The van der Waals surface area contributed by atoms with Crippen LogP contribution < -0.4 is 5.32 Å². The van der Waals surface area contributed by atoms with E-state index in [0.29, 0.717) is 15.6 Å². The topological polar surface area (TPSA) is 12.0 Å². The van der Waals surface area contributed by atoms with Crippen molar-refractivity contribution in [2.75, 3.05) is 0 Å². The molecule has 0 saturated carbocycles. The zero-order chi connectivity index (χ0) is 15.6.